The summed E-state index contributed by atoms with van der Waals surface area (Å²) >= 11 is 17.5. The number of rotatable bonds is 6. The predicted molar refractivity (Wildman–Crippen MR) is 98.0 cm³/mol. The average molecular weight is 407 g/mol. The third kappa shape index (κ3) is 4.70. The highest BCUT2D eigenvalue weighted by Gasteiger charge is 2.17. The van der Waals surface area contributed by atoms with Gasteiger partial charge in [0.2, 0.25) is 0 Å². The van der Waals surface area contributed by atoms with E-state index in [-0.39, 0.29) is 0 Å². The number of hydrogen-bond donors (Lipinski definition) is 1. The van der Waals surface area contributed by atoms with Crippen LogP contribution in [0.1, 0.15) is 35.4 Å². The van der Waals surface area contributed by atoms with Gasteiger partial charge in [0.25, 0.3) is 0 Å². The van der Waals surface area contributed by atoms with Crippen molar-refractivity contribution in [3.8, 4) is 0 Å². The summed E-state index contributed by atoms with van der Waals surface area (Å²) in [5, 5.41) is 4.85. The van der Waals surface area contributed by atoms with Crippen LogP contribution in [-0.4, -0.2) is 6.54 Å². The zero-order valence-electron chi connectivity index (χ0n) is 12.1. The van der Waals surface area contributed by atoms with E-state index in [1.807, 2.05) is 18.2 Å². The van der Waals surface area contributed by atoms with Gasteiger partial charge in [-0.2, -0.15) is 0 Å². The molecular weight excluding hydrogens is 389 g/mol. The normalized spacial score (nSPS) is 12.6. The van der Waals surface area contributed by atoms with Crippen LogP contribution < -0.4 is 5.32 Å². The summed E-state index contributed by atoms with van der Waals surface area (Å²) in [7, 11) is 0. The van der Waals surface area contributed by atoms with E-state index in [0.29, 0.717) is 16.1 Å². The average Bonchev–Trinajstić information content (AvgIpc) is 2.77. The molecule has 114 valence electrons. The van der Waals surface area contributed by atoms with Gasteiger partial charge in [-0.15, -0.1) is 11.3 Å². The minimum Gasteiger partial charge on any atom is -0.310 e. The molecule has 0 aliphatic rings. The van der Waals surface area contributed by atoms with E-state index in [4.69, 9.17) is 23.2 Å². The first-order chi connectivity index (χ1) is 10.0. The number of aryl methyl sites for hydroxylation is 1. The third-order valence-electron chi connectivity index (χ3n) is 3.37. The number of nitrogens with one attached hydrogen (secondary N) is 1. The Labute approximate surface area is 148 Å². The van der Waals surface area contributed by atoms with Gasteiger partial charge in [0.15, 0.2) is 0 Å². The van der Waals surface area contributed by atoms with Crippen molar-refractivity contribution < 1.29 is 0 Å². The lowest BCUT2D eigenvalue weighted by Crippen LogP contribution is -2.24. The van der Waals surface area contributed by atoms with Gasteiger partial charge in [-0.25, -0.2) is 0 Å². The van der Waals surface area contributed by atoms with E-state index >= 15 is 0 Å². The van der Waals surface area contributed by atoms with Crippen LogP contribution in [0.2, 0.25) is 10.0 Å². The first kappa shape index (κ1) is 17.3. The van der Waals surface area contributed by atoms with Crippen molar-refractivity contribution in [2.24, 2.45) is 0 Å². The van der Waals surface area contributed by atoms with E-state index in [0.717, 1.165) is 19.4 Å². The fourth-order valence-corrected chi connectivity index (χ4v) is 4.41. The molecule has 0 radical (unpaired) electrons. The molecule has 21 heavy (non-hydrogen) atoms. The molecule has 1 unspecified atom stereocenters. The maximum absolute atomic E-state index is 6.13. The molecule has 1 heterocycles. The van der Waals surface area contributed by atoms with Crippen molar-refractivity contribution in [1.82, 2.24) is 5.32 Å². The Morgan fingerprint density at radius 2 is 2.00 bits per heavy atom. The highest BCUT2D eigenvalue weighted by Crippen LogP contribution is 2.33. The van der Waals surface area contributed by atoms with Crippen LogP contribution in [-0.2, 0) is 6.42 Å². The first-order valence-corrected chi connectivity index (χ1v) is 9.31. The lowest BCUT2D eigenvalue weighted by Gasteiger charge is -2.19. The fraction of sp³-hybridized carbons (Fsp3) is 0.375. The van der Waals surface area contributed by atoms with E-state index in [1.165, 1.54) is 19.8 Å². The largest absolute Gasteiger partial charge is 0.310 e. The van der Waals surface area contributed by atoms with Crippen LogP contribution in [0.5, 0.6) is 0 Å². The Balaban J connectivity index is 2.23. The van der Waals surface area contributed by atoms with E-state index < -0.39 is 0 Å². The highest BCUT2D eigenvalue weighted by molar-refractivity contribution is 9.11. The van der Waals surface area contributed by atoms with Crippen molar-refractivity contribution >= 4 is 50.5 Å². The van der Waals surface area contributed by atoms with E-state index in [1.54, 1.807) is 11.3 Å². The van der Waals surface area contributed by atoms with Crippen LogP contribution >= 0.6 is 50.5 Å². The summed E-state index contributed by atoms with van der Waals surface area (Å²) in [6, 6.07) is 8.38. The molecule has 0 amide bonds. The molecule has 1 atom stereocenters. The molecule has 2 rings (SSSR count). The second-order valence-electron chi connectivity index (χ2n) is 5.02. The quantitative estimate of drug-likeness (QED) is 0.584. The van der Waals surface area contributed by atoms with Crippen LogP contribution in [0.15, 0.2) is 28.1 Å². The zero-order valence-corrected chi connectivity index (χ0v) is 16.0. The molecule has 0 fully saturated rings. The zero-order chi connectivity index (χ0) is 15.4. The summed E-state index contributed by atoms with van der Waals surface area (Å²) in [6.45, 7) is 5.35. The minimum atomic E-state index is 0.296. The van der Waals surface area contributed by atoms with Gasteiger partial charge in [-0.05, 0) is 71.6 Å². The number of hydrogen-bond acceptors (Lipinski definition) is 2. The number of halogens is 3. The van der Waals surface area contributed by atoms with Gasteiger partial charge in [-0.1, -0.05) is 36.2 Å². The molecule has 1 nitrogen and oxygen atoms in total. The van der Waals surface area contributed by atoms with Gasteiger partial charge in [-0.3, -0.25) is 0 Å². The van der Waals surface area contributed by atoms with Crippen molar-refractivity contribution in [3.05, 3.63) is 54.1 Å². The van der Waals surface area contributed by atoms with Crippen molar-refractivity contribution in [3.63, 3.8) is 0 Å². The molecule has 0 spiro atoms. The van der Waals surface area contributed by atoms with Crippen molar-refractivity contribution in [2.75, 3.05) is 6.54 Å². The van der Waals surface area contributed by atoms with Gasteiger partial charge in [0.1, 0.15) is 0 Å². The number of benzene rings is 1. The molecule has 0 bridgehead atoms. The van der Waals surface area contributed by atoms with Gasteiger partial charge >= 0.3 is 0 Å². The second kappa shape index (κ2) is 7.98. The first-order valence-electron chi connectivity index (χ1n) is 6.94. The van der Waals surface area contributed by atoms with Gasteiger partial charge in [0, 0.05) is 10.9 Å². The highest BCUT2D eigenvalue weighted by atomic mass is 79.9. The monoisotopic (exact) mass is 405 g/mol. The topological polar surface area (TPSA) is 12.0 Å². The Bertz CT molecular complexity index is 612. The molecule has 0 aliphatic heterocycles. The Morgan fingerprint density at radius 1 is 1.24 bits per heavy atom. The van der Waals surface area contributed by atoms with E-state index in [2.05, 4.69) is 41.2 Å². The molecule has 0 saturated heterocycles. The molecule has 0 saturated carbocycles. The van der Waals surface area contributed by atoms with Gasteiger partial charge in [0.05, 0.1) is 13.8 Å². The molecular formula is C16H18BrCl2NS. The lowest BCUT2D eigenvalue weighted by atomic mass is 9.99. The molecule has 0 aliphatic carbocycles. The summed E-state index contributed by atoms with van der Waals surface area (Å²) in [6.07, 6.45) is 2.02. The Hall–Kier alpha value is -0.0600. The summed E-state index contributed by atoms with van der Waals surface area (Å²) in [4.78, 5) is 1.34. The maximum Gasteiger partial charge on any atom is 0.0704 e. The standard InChI is InChI=1S/C16H18BrCl2NS/c1-3-6-20-15(12-9-16(17)21-10(12)2)8-11-4-5-13(18)14(19)7-11/h4-5,7,9,15,20H,3,6,8H2,1-2H3. The maximum atomic E-state index is 6.13. The Kier molecular flexibility index (Phi) is 6.57. The smallest absolute Gasteiger partial charge is 0.0704 e. The number of thiophene rings is 1. The van der Waals surface area contributed by atoms with Crippen LogP contribution in [0.25, 0.3) is 0 Å². The predicted octanol–water partition coefficient (Wildman–Crippen LogP) is 6.41. The van der Waals surface area contributed by atoms with Crippen LogP contribution in [0, 0.1) is 6.92 Å². The molecule has 2 aromatic rings. The van der Waals surface area contributed by atoms with Crippen LogP contribution in [0.4, 0.5) is 0 Å². The van der Waals surface area contributed by atoms with Crippen molar-refractivity contribution in [2.45, 2.75) is 32.7 Å². The molecule has 1 aromatic carbocycles. The van der Waals surface area contributed by atoms with Gasteiger partial charge < -0.3 is 5.32 Å². The third-order valence-corrected chi connectivity index (χ3v) is 5.67. The summed E-state index contributed by atoms with van der Waals surface area (Å²) in [5.41, 5.74) is 2.55. The Morgan fingerprint density at radius 3 is 2.57 bits per heavy atom. The second-order valence-corrected chi connectivity index (χ2v) is 8.47. The fourth-order valence-electron chi connectivity index (χ4n) is 2.32. The van der Waals surface area contributed by atoms with Crippen molar-refractivity contribution in [1.29, 1.82) is 0 Å². The lowest BCUT2D eigenvalue weighted by molar-refractivity contribution is 0.529. The SMILES string of the molecule is CCCNC(Cc1ccc(Cl)c(Cl)c1)c1cc(Br)sc1C. The molecule has 5 heteroatoms. The van der Waals surface area contributed by atoms with Crippen LogP contribution in [0.3, 0.4) is 0 Å². The minimum absolute atomic E-state index is 0.296. The summed E-state index contributed by atoms with van der Waals surface area (Å²) < 4.78 is 1.17. The van der Waals surface area contributed by atoms with E-state index in [9.17, 15) is 0 Å². The molecule has 1 N–H and O–H groups in total. The summed E-state index contributed by atoms with van der Waals surface area (Å²) in [5.74, 6) is 0. The molecule has 1 aromatic heterocycles.